The molecule has 92 valence electrons. The van der Waals surface area contributed by atoms with E-state index < -0.39 is 23.0 Å². The summed E-state index contributed by atoms with van der Waals surface area (Å²) in [7, 11) is 1.31. The van der Waals surface area contributed by atoms with Gasteiger partial charge in [0.1, 0.15) is 17.4 Å². The van der Waals surface area contributed by atoms with Crippen molar-refractivity contribution in [3.8, 4) is 5.75 Å². The first-order valence-electron chi connectivity index (χ1n) is 5.24. The maximum atomic E-state index is 13.6. The van der Waals surface area contributed by atoms with E-state index >= 15 is 0 Å². The minimum atomic E-state index is -0.993. The summed E-state index contributed by atoms with van der Waals surface area (Å²) in [5, 5.41) is 8.98. The highest BCUT2D eigenvalue weighted by atomic mass is 19.1. The second kappa shape index (κ2) is 3.98. The van der Waals surface area contributed by atoms with Gasteiger partial charge in [0.15, 0.2) is 0 Å². The molecule has 1 fully saturated rings. The number of methoxy groups -OCH3 is 1. The van der Waals surface area contributed by atoms with Crippen LogP contribution in [0.3, 0.4) is 0 Å². The van der Waals surface area contributed by atoms with Crippen LogP contribution in [0, 0.1) is 17.0 Å². The van der Waals surface area contributed by atoms with Crippen LogP contribution in [0.2, 0.25) is 0 Å². The Balaban J connectivity index is 2.31. The lowest BCUT2D eigenvalue weighted by Gasteiger charge is -2.12. The molecule has 1 aliphatic rings. The third-order valence-electron chi connectivity index (χ3n) is 3.17. The lowest BCUT2D eigenvalue weighted by Crippen LogP contribution is -2.19. The second-order valence-electron chi connectivity index (χ2n) is 4.33. The molecule has 0 aromatic heterocycles. The quantitative estimate of drug-likeness (QED) is 0.881. The SMILES string of the molecule is COc1cc(F)c(CC2(C(=O)O)CC2)c(F)c1. The van der Waals surface area contributed by atoms with E-state index in [4.69, 9.17) is 9.84 Å². The van der Waals surface area contributed by atoms with E-state index in [-0.39, 0.29) is 17.7 Å². The Labute approximate surface area is 97.0 Å². The number of hydrogen-bond donors (Lipinski definition) is 1. The van der Waals surface area contributed by atoms with E-state index in [1.807, 2.05) is 0 Å². The lowest BCUT2D eigenvalue weighted by molar-refractivity contribution is -0.143. The zero-order valence-corrected chi connectivity index (χ0v) is 9.30. The maximum Gasteiger partial charge on any atom is 0.309 e. The Kier molecular flexibility index (Phi) is 2.77. The van der Waals surface area contributed by atoms with E-state index in [2.05, 4.69) is 0 Å². The van der Waals surface area contributed by atoms with Gasteiger partial charge in [-0.25, -0.2) is 8.78 Å². The van der Waals surface area contributed by atoms with Crippen molar-refractivity contribution in [1.29, 1.82) is 0 Å². The maximum absolute atomic E-state index is 13.6. The summed E-state index contributed by atoms with van der Waals surface area (Å²) < 4.78 is 31.9. The highest BCUT2D eigenvalue weighted by Gasteiger charge is 2.50. The van der Waals surface area contributed by atoms with Gasteiger partial charge in [-0.05, 0) is 19.3 Å². The average Bonchev–Trinajstić information content (AvgIpc) is 3.04. The number of benzene rings is 1. The van der Waals surface area contributed by atoms with Crippen LogP contribution in [0.1, 0.15) is 18.4 Å². The lowest BCUT2D eigenvalue weighted by atomic mass is 9.96. The third-order valence-corrected chi connectivity index (χ3v) is 3.17. The zero-order valence-electron chi connectivity index (χ0n) is 9.30. The largest absolute Gasteiger partial charge is 0.497 e. The normalized spacial score (nSPS) is 16.6. The predicted octanol–water partition coefficient (Wildman–Crippen LogP) is 2.38. The van der Waals surface area contributed by atoms with Crippen molar-refractivity contribution >= 4 is 5.97 Å². The minimum Gasteiger partial charge on any atom is -0.497 e. The Morgan fingerprint density at radius 3 is 2.29 bits per heavy atom. The molecule has 1 aromatic rings. The van der Waals surface area contributed by atoms with Gasteiger partial charge in [-0.2, -0.15) is 0 Å². The molecular weight excluding hydrogens is 230 g/mol. The van der Waals surface area contributed by atoms with Crippen LogP contribution in [0.25, 0.3) is 0 Å². The summed E-state index contributed by atoms with van der Waals surface area (Å²) in [6.45, 7) is 0. The molecule has 0 unspecified atom stereocenters. The molecule has 17 heavy (non-hydrogen) atoms. The molecular formula is C12H12F2O3. The summed E-state index contributed by atoms with van der Waals surface area (Å²) in [5.74, 6) is -2.42. The number of halogens is 2. The van der Waals surface area contributed by atoms with Crippen LogP contribution >= 0.6 is 0 Å². The van der Waals surface area contributed by atoms with Gasteiger partial charge in [0.05, 0.1) is 12.5 Å². The smallest absolute Gasteiger partial charge is 0.309 e. The van der Waals surface area contributed by atoms with Crippen molar-refractivity contribution in [1.82, 2.24) is 0 Å². The fraction of sp³-hybridized carbons (Fsp3) is 0.417. The predicted molar refractivity (Wildman–Crippen MR) is 55.9 cm³/mol. The van der Waals surface area contributed by atoms with E-state index in [1.54, 1.807) is 0 Å². The number of ether oxygens (including phenoxy) is 1. The van der Waals surface area contributed by atoms with Crippen LogP contribution in [0.5, 0.6) is 5.75 Å². The molecule has 2 rings (SSSR count). The second-order valence-corrected chi connectivity index (χ2v) is 4.33. The van der Waals surface area contributed by atoms with Gasteiger partial charge in [-0.15, -0.1) is 0 Å². The standard InChI is InChI=1S/C12H12F2O3/c1-17-7-4-9(13)8(10(14)5-7)6-12(2-3-12)11(15)16/h4-5H,2-3,6H2,1H3,(H,15,16). The minimum absolute atomic E-state index is 0.0870. The Bertz CT molecular complexity index is 444. The topological polar surface area (TPSA) is 46.5 Å². The molecule has 0 spiro atoms. The molecule has 5 heteroatoms. The van der Waals surface area contributed by atoms with Crippen LogP contribution < -0.4 is 4.74 Å². The molecule has 0 bridgehead atoms. The van der Waals surface area contributed by atoms with Crippen LogP contribution in [0.4, 0.5) is 8.78 Å². The number of carbonyl (C=O) groups is 1. The zero-order chi connectivity index (χ0) is 12.6. The van der Waals surface area contributed by atoms with Crippen LogP contribution in [-0.2, 0) is 11.2 Å². The van der Waals surface area contributed by atoms with Gasteiger partial charge in [0, 0.05) is 17.7 Å². The molecule has 0 radical (unpaired) electrons. The van der Waals surface area contributed by atoms with Crippen molar-refractivity contribution in [3.63, 3.8) is 0 Å². The van der Waals surface area contributed by atoms with Gasteiger partial charge < -0.3 is 9.84 Å². The molecule has 1 aliphatic carbocycles. The third kappa shape index (κ3) is 2.09. The summed E-state index contributed by atoms with van der Waals surface area (Å²) in [6, 6.07) is 2.13. The first-order valence-corrected chi connectivity index (χ1v) is 5.24. The van der Waals surface area contributed by atoms with Gasteiger partial charge in [-0.3, -0.25) is 4.79 Å². The molecule has 1 saturated carbocycles. The molecule has 3 nitrogen and oxygen atoms in total. The monoisotopic (exact) mass is 242 g/mol. The highest BCUT2D eigenvalue weighted by molar-refractivity contribution is 5.78. The summed E-state index contributed by atoms with van der Waals surface area (Å²) in [5.41, 5.74) is -1.15. The molecule has 0 heterocycles. The summed E-state index contributed by atoms with van der Waals surface area (Å²) in [4.78, 5) is 11.0. The number of carboxylic acid groups (broad SMARTS) is 1. The first-order chi connectivity index (χ1) is 7.98. The van der Waals surface area contributed by atoms with Crippen LogP contribution in [0.15, 0.2) is 12.1 Å². The van der Waals surface area contributed by atoms with Crippen molar-refractivity contribution in [2.45, 2.75) is 19.3 Å². The average molecular weight is 242 g/mol. The molecule has 0 saturated heterocycles. The highest BCUT2D eigenvalue weighted by Crippen LogP contribution is 2.49. The van der Waals surface area contributed by atoms with E-state index in [0.29, 0.717) is 12.8 Å². The van der Waals surface area contributed by atoms with Crippen molar-refractivity contribution in [2.75, 3.05) is 7.11 Å². The number of carboxylic acids is 1. The molecule has 0 atom stereocenters. The van der Waals surface area contributed by atoms with Gasteiger partial charge in [0.2, 0.25) is 0 Å². The fourth-order valence-corrected chi connectivity index (χ4v) is 1.82. The molecule has 0 aliphatic heterocycles. The van der Waals surface area contributed by atoms with Crippen LogP contribution in [-0.4, -0.2) is 18.2 Å². The van der Waals surface area contributed by atoms with Gasteiger partial charge in [-0.1, -0.05) is 0 Å². The van der Waals surface area contributed by atoms with Gasteiger partial charge in [0.25, 0.3) is 0 Å². The molecule has 1 aromatic carbocycles. The first kappa shape index (κ1) is 11.8. The van der Waals surface area contributed by atoms with Crippen molar-refractivity contribution < 1.29 is 23.4 Å². The summed E-state index contributed by atoms with van der Waals surface area (Å²) >= 11 is 0. The van der Waals surface area contributed by atoms with Gasteiger partial charge >= 0.3 is 5.97 Å². The number of rotatable bonds is 4. The fourth-order valence-electron chi connectivity index (χ4n) is 1.82. The molecule has 0 amide bonds. The van der Waals surface area contributed by atoms with E-state index in [9.17, 15) is 13.6 Å². The van der Waals surface area contributed by atoms with E-state index in [1.165, 1.54) is 7.11 Å². The number of aliphatic carboxylic acids is 1. The van der Waals surface area contributed by atoms with Crippen molar-refractivity contribution in [3.05, 3.63) is 29.3 Å². The Hall–Kier alpha value is -1.65. The summed E-state index contributed by atoms with van der Waals surface area (Å²) in [6.07, 6.45) is 0.824. The number of hydrogen-bond acceptors (Lipinski definition) is 2. The Morgan fingerprint density at radius 1 is 1.41 bits per heavy atom. The van der Waals surface area contributed by atoms with E-state index in [0.717, 1.165) is 12.1 Å². The molecule has 1 N–H and O–H groups in total. The van der Waals surface area contributed by atoms with Crippen molar-refractivity contribution in [2.24, 2.45) is 5.41 Å². The Morgan fingerprint density at radius 2 is 1.94 bits per heavy atom.